The lowest BCUT2D eigenvalue weighted by molar-refractivity contribution is 0.100. The van der Waals surface area contributed by atoms with Crippen molar-refractivity contribution in [2.75, 3.05) is 11.9 Å². The van der Waals surface area contributed by atoms with Crippen molar-refractivity contribution in [1.82, 2.24) is 19.4 Å². The number of primary amides is 1. The number of nitrogens with one attached hydrogen (secondary N) is 1. The Morgan fingerprint density at radius 1 is 1.27 bits per heavy atom. The summed E-state index contributed by atoms with van der Waals surface area (Å²) in [6.45, 7) is 0.908. The molecule has 0 bridgehead atoms. The zero-order valence-electron chi connectivity index (χ0n) is 15.8. The minimum absolute atomic E-state index is 0.291. The number of anilines is 1. The number of benzene rings is 1. The smallest absolute Gasteiger partial charge is 0.250 e. The van der Waals surface area contributed by atoms with E-state index in [4.69, 9.17) is 10.5 Å². The van der Waals surface area contributed by atoms with Crippen LogP contribution in [0.4, 0.5) is 10.2 Å². The van der Waals surface area contributed by atoms with E-state index in [1.54, 1.807) is 35.0 Å². The first-order valence-electron chi connectivity index (χ1n) is 9.38. The molecule has 4 aromatic rings. The minimum atomic E-state index is -0.539. The summed E-state index contributed by atoms with van der Waals surface area (Å²) in [5, 5.41) is 3.26. The van der Waals surface area contributed by atoms with Crippen molar-refractivity contribution in [3.8, 4) is 17.5 Å². The van der Waals surface area contributed by atoms with Crippen molar-refractivity contribution in [2.24, 2.45) is 5.73 Å². The Hall–Kier alpha value is -4.01. The highest BCUT2D eigenvalue weighted by molar-refractivity contribution is 5.99. The monoisotopic (exact) mass is 404 g/mol. The molecule has 30 heavy (non-hydrogen) atoms. The van der Waals surface area contributed by atoms with Gasteiger partial charge in [-0.2, -0.15) is 4.98 Å². The Morgan fingerprint density at radius 2 is 2.17 bits per heavy atom. The maximum absolute atomic E-state index is 13.5. The summed E-state index contributed by atoms with van der Waals surface area (Å²) in [6.07, 6.45) is 4.00. The second-order valence-corrected chi connectivity index (χ2v) is 6.88. The average molecular weight is 404 g/mol. The molecule has 0 atom stereocenters. The number of hydrogen-bond acceptors (Lipinski definition) is 6. The van der Waals surface area contributed by atoms with Crippen molar-refractivity contribution in [2.45, 2.75) is 13.0 Å². The van der Waals surface area contributed by atoms with E-state index in [0.717, 1.165) is 11.1 Å². The molecule has 1 aliphatic rings. The molecular formula is C21H17FN6O2. The lowest BCUT2D eigenvalue weighted by Gasteiger charge is -2.11. The number of aromatic nitrogens is 4. The second-order valence-electron chi connectivity index (χ2n) is 6.88. The van der Waals surface area contributed by atoms with Crippen molar-refractivity contribution < 1.29 is 13.9 Å². The van der Waals surface area contributed by atoms with Crippen LogP contribution in [0.15, 0.2) is 48.8 Å². The molecule has 1 amide bonds. The topological polar surface area (TPSA) is 107 Å². The van der Waals surface area contributed by atoms with Crippen molar-refractivity contribution in [3.05, 3.63) is 71.3 Å². The summed E-state index contributed by atoms with van der Waals surface area (Å²) in [5.74, 6) is 1.08. The fraction of sp³-hybridized carbons (Fsp3) is 0.143. The molecule has 9 heteroatoms. The average Bonchev–Trinajstić information content (AvgIpc) is 3.38. The summed E-state index contributed by atoms with van der Waals surface area (Å²) < 4.78 is 20.9. The number of nitrogens with two attached hydrogens (primary N) is 1. The van der Waals surface area contributed by atoms with E-state index >= 15 is 0 Å². The normalized spacial score (nSPS) is 12.6. The molecule has 150 valence electrons. The number of amides is 1. The molecule has 0 fully saturated rings. The van der Waals surface area contributed by atoms with E-state index < -0.39 is 5.91 Å². The molecule has 3 N–H and O–H groups in total. The fourth-order valence-electron chi connectivity index (χ4n) is 3.53. The van der Waals surface area contributed by atoms with Crippen LogP contribution in [0.2, 0.25) is 0 Å². The zero-order chi connectivity index (χ0) is 20.7. The number of nitrogens with zero attached hydrogens (tertiary/aromatic N) is 4. The highest BCUT2D eigenvalue weighted by Crippen LogP contribution is 2.32. The van der Waals surface area contributed by atoms with Crippen molar-refractivity contribution >= 4 is 17.2 Å². The van der Waals surface area contributed by atoms with Gasteiger partial charge in [-0.25, -0.2) is 14.4 Å². The number of ether oxygens (including phenoxy) is 1. The summed E-state index contributed by atoms with van der Waals surface area (Å²) in [7, 11) is 0. The number of hydrogen-bond donors (Lipinski definition) is 2. The highest BCUT2D eigenvalue weighted by atomic mass is 19.1. The van der Waals surface area contributed by atoms with Crippen LogP contribution >= 0.6 is 0 Å². The van der Waals surface area contributed by atoms with Crippen LogP contribution in [0.1, 0.15) is 21.5 Å². The van der Waals surface area contributed by atoms with Crippen LogP contribution < -0.4 is 15.8 Å². The highest BCUT2D eigenvalue weighted by Gasteiger charge is 2.23. The summed E-state index contributed by atoms with van der Waals surface area (Å²) in [4.78, 5) is 25.3. The van der Waals surface area contributed by atoms with Gasteiger partial charge in [-0.3, -0.25) is 9.20 Å². The first-order valence-corrected chi connectivity index (χ1v) is 9.38. The van der Waals surface area contributed by atoms with Gasteiger partial charge in [-0.05, 0) is 29.8 Å². The molecule has 0 unspecified atom stereocenters. The van der Waals surface area contributed by atoms with Crippen LogP contribution in [-0.2, 0) is 13.0 Å². The Balaban J connectivity index is 1.56. The number of halogens is 1. The number of fused-ring (bicyclic) bond motifs is 2. The Morgan fingerprint density at radius 3 is 3.00 bits per heavy atom. The number of carbonyl (C=O) groups excluding carboxylic acids is 1. The van der Waals surface area contributed by atoms with Crippen LogP contribution in [0, 0.1) is 5.82 Å². The molecule has 1 aromatic carbocycles. The van der Waals surface area contributed by atoms with E-state index in [1.165, 1.54) is 12.1 Å². The molecule has 0 radical (unpaired) electrons. The standard InChI is InChI=1S/C21H17FN6O2/c22-13-4-1-3-12(9-13)10-24-18-15-6-8-30-21(15)27-19(26-18)20-25-11-16-14(17(23)29)5-2-7-28(16)20/h1-5,7,9,11H,6,8,10H2,(H2,23,29)(H,24,26,27). The molecular weight excluding hydrogens is 387 g/mol. The van der Waals surface area contributed by atoms with Gasteiger partial charge in [0.25, 0.3) is 5.91 Å². The number of rotatable bonds is 5. The fourth-order valence-corrected chi connectivity index (χ4v) is 3.53. The SMILES string of the molecule is NC(=O)c1cccn2c(-c3nc(NCc4cccc(F)c4)c4c(n3)OCC4)ncc12. The maximum atomic E-state index is 13.5. The van der Waals surface area contributed by atoms with Crippen LogP contribution in [-0.4, -0.2) is 31.9 Å². The molecule has 0 aliphatic carbocycles. The Bertz CT molecular complexity index is 1290. The van der Waals surface area contributed by atoms with Gasteiger partial charge in [0.15, 0.2) is 5.82 Å². The quantitative estimate of drug-likeness (QED) is 0.529. The third kappa shape index (κ3) is 3.10. The second kappa shape index (κ2) is 7.11. The van der Waals surface area contributed by atoms with Gasteiger partial charge >= 0.3 is 0 Å². The molecule has 0 saturated carbocycles. The Kier molecular flexibility index (Phi) is 4.27. The molecule has 8 nitrogen and oxygen atoms in total. The van der Waals surface area contributed by atoms with E-state index in [0.29, 0.717) is 54.0 Å². The van der Waals surface area contributed by atoms with Crippen molar-refractivity contribution in [3.63, 3.8) is 0 Å². The molecule has 1 aliphatic heterocycles. The summed E-state index contributed by atoms with van der Waals surface area (Å²) >= 11 is 0. The van der Waals surface area contributed by atoms with Gasteiger partial charge in [-0.15, -0.1) is 0 Å². The molecule has 0 saturated heterocycles. The maximum Gasteiger partial charge on any atom is 0.250 e. The minimum Gasteiger partial charge on any atom is -0.477 e. The first-order chi connectivity index (χ1) is 14.6. The van der Waals surface area contributed by atoms with E-state index in [2.05, 4.69) is 20.3 Å². The molecule has 4 heterocycles. The summed E-state index contributed by atoms with van der Waals surface area (Å²) in [6, 6.07) is 9.73. The Labute approximate surface area is 170 Å². The third-order valence-corrected chi connectivity index (χ3v) is 4.95. The predicted octanol–water partition coefficient (Wildman–Crippen LogP) is 2.58. The van der Waals surface area contributed by atoms with Gasteiger partial charge in [0.05, 0.1) is 29.4 Å². The summed E-state index contributed by atoms with van der Waals surface area (Å²) in [5.41, 5.74) is 8.05. The lowest BCUT2D eigenvalue weighted by Crippen LogP contribution is -2.12. The van der Waals surface area contributed by atoms with Gasteiger partial charge in [0.2, 0.25) is 11.7 Å². The number of imidazole rings is 1. The van der Waals surface area contributed by atoms with Crippen LogP contribution in [0.25, 0.3) is 17.2 Å². The molecule has 3 aromatic heterocycles. The van der Waals surface area contributed by atoms with Crippen LogP contribution in [0.3, 0.4) is 0 Å². The zero-order valence-corrected chi connectivity index (χ0v) is 15.8. The third-order valence-electron chi connectivity index (χ3n) is 4.95. The van der Waals surface area contributed by atoms with Crippen LogP contribution in [0.5, 0.6) is 5.88 Å². The van der Waals surface area contributed by atoms with Gasteiger partial charge in [-0.1, -0.05) is 12.1 Å². The largest absolute Gasteiger partial charge is 0.477 e. The van der Waals surface area contributed by atoms with Gasteiger partial charge < -0.3 is 15.8 Å². The van der Waals surface area contributed by atoms with E-state index in [9.17, 15) is 9.18 Å². The number of pyridine rings is 1. The lowest BCUT2D eigenvalue weighted by atomic mass is 10.2. The first kappa shape index (κ1) is 18.0. The van der Waals surface area contributed by atoms with Gasteiger partial charge in [0.1, 0.15) is 11.6 Å². The van der Waals surface area contributed by atoms with E-state index in [1.807, 2.05) is 6.07 Å². The predicted molar refractivity (Wildman–Crippen MR) is 108 cm³/mol. The molecule has 5 rings (SSSR count). The van der Waals surface area contributed by atoms with Gasteiger partial charge in [0, 0.05) is 19.2 Å². The van der Waals surface area contributed by atoms with E-state index in [-0.39, 0.29) is 5.82 Å². The number of carbonyl (C=O) groups is 1. The van der Waals surface area contributed by atoms with Crippen molar-refractivity contribution in [1.29, 1.82) is 0 Å². The molecule has 0 spiro atoms.